The Morgan fingerprint density at radius 1 is 0.939 bits per heavy atom. The second-order valence-corrected chi connectivity index (χ2v) is 18.9. The van der Waals surface area contributed by atoms with E-state index in [0.717, 1.165) is 108 Å². The van der Waals surface area contributed by atoms with Crippen LogP contribution < -0.4 is 30.1 Å². The maximum Gasteiger partial charge on any atom is 0.415 e. The van der Waals surface area contributed by atoms with Crippen molar-refractivity contribution in [3.8, 4) is 5.88 Å². The van der Waals surface area contributed by atoms with E-state index in [1.165, 1.54) is 0 Å². The molecule has 5 aliphatic rings. The van der Waals surface area contributed by atoms with E-state index in [9.17, 15) is 19.2 Å². The molecular weight excluding hydrogens is 841 g/mol. The van der Waals surface area contributed by atoms with Gasteiger partial charge in [0.05, 0.1) is 54.2 Å². The average Bonchev–Trinajstić information content (AvgIpc) is 3.60. The Bertz CT molecular complexity index is 2720. The monoisotopic (exact) mass is 896 g/mol. The molecule has 8 heterocycles. The number of benzene rings is 2. The highest BCUT2D eigenvalue weighted by molar-refractivity contribution is 6.02. The number of fused-ring (bicyclic) bond motifs is 3. The molecule has 0 saturated carbocycles. The third kappa shape index (κ3) is 8.56. The van der Waals surface area contributed by atoms with Crippen molar-refractivity contribution in [1.82, 2.24) is 39.8 Å². The van der Waals surface area contributed by atoms with Gasteiger partial charge in [-0.15, -0.1) is 0 Å². The zero-order chi connectivity index (χ0) is 45.9. The summed E-state index contributed by atoms with van der Waals surface area (Å²) < 4.78 is 13.4. The fraction of sp³-hybridized carbons (Fsp3) is 0.458. The lowest BCUT2D eigenvalue weighted by Crippen LogP contribution is -2.64. The van der Waals surface area contributed by atoms with Gasteiger partial charge in [0.2, 0.25) is 29.5 Å². The second kappa shape index (κ2) is 17.2. The minimum absolute atomic E-state index is 0.128. The van der Waals surface area contributed by atoms with E-state index >= 15 is 0 Å². The third-order valence-corrected chi connectivity index (χ3v) is 13.4. The summed E-state index contributed by atoms with van der Waals surface area (Å²) in [6.07, 6.45) is 5.17. The summed E-state index contributed by atoms with van der Waals surface area (Å²) in [7, 11) is 1.90. The topological polar surface area (TPSA) is 183 Å². The Labute approximate surface area is 383 Å². The number of rotatable bonds is 8. The molecule has 18 heteroatoms. The lowest BCUT2D eigenvalue weighted by molar-refractivity contribution is -0.138. The first-order valence-corrected chi connectivity index (χ1v) is 22.9. The number of piperidine rings is 1. The highest BCUT2D eigenvalue weighted by atomic mass is 16.6. The molecule has 3 saturated heterocycles. The van der Waals surface area contributed by atoms with Gasteiger partial charge in [-0.25, -0.2) is 19.7 Å². The molecule has 0 bridgehead atoms. The third-order valence-electron chi connectivity index (χ3n) is 13.4. The summed E-state index contributed by atoms with van der Waals surface area (Å²) in [6, 6.07) is 14.5. The SMILES string of the molecule is Cc1c(N2CCc3cnc(Nc4ccc(CC(=O)N5CC(N6CCN(c7ccc8c(C9CCC(=O)NC9=O)nn(C)c8c7)CC6)C5)cc4)nc3C2)cnc2c1N(C(=O)OC(C)(C)C)CCO2. The van der Waals surface area contributed by atoms with Gasteiger partial charge in [-0.1, -0.05) is 12.1 Å². The summed E-state index contributed by atoms with van der Waals surface area (Å²) in [6.45, 7) is 14.6. The maximum atomic E-state index is 13.3. The summed E-state index contributed by atoms with van der Waals surface area (Å²) in [5.41, 5.74) is 8.41. The number of hydrogen-bond acceptors (Lipinski definition) is 14. The summed E-state index contributed by atoms with van der Waals surface area (Å²) in [4.78, 5) is 75.7. The number of amides is 4. The largest absolute Gasteiger partial charge is 0.474 e. The molecule has 0 spiro atoms. The first-order valence-electron chi connectivity index (χ1n) is 22.9. The van der Waals surface area contributed by atoms with E-state index in [4.69, 9.17) is 19.6 Å². The van der Waals surface area contributed by atoms with E-state index in [1.54, 1.807) is 4.90 Å². The van der Waals surface area contributed by atoms with Gasteiger partial charge in [0, 0.05) is 93.8 Å². The van der Waals surface area contributed by atoms with Crippen molar-refractivity contribution in [2.24, 2.45) is 7.05 Å². The molecule has 4 amide bonds. The van der Waals surface area contributed by atoms with Gasteiger partial charge in [-0.3, -0.25) is 34.2 Å². The first-order chi connectivity index (χ1) is 31.7. The number of aryl methyl sites for hydroxylation is 1. The van der Waals surface area contributed by atoms with Crippen LogP contribution in [0.25, 0.3) is 10.9 Å². The highest BCUT2D eigenvalue weighted by Crippen LogP contribution is 2.40. The van der Waals surface area contributed by atoms with E-state index in [1.807, 2.05) is 81.0 Å². The summed E-state index contributed by atoms with van der Waals surface area (Å²) in [5, 5.41) is 11.4. The van der Waals surface area contributed by atoms with Gasteiger partial charge in [0.1, 0.15) is 17.9 Å². The molecule has 3 aromatic heterocycles. The van der Waals surface area contributed by atoms with Crippen molar-refractivity contribution >= 4 is 63.4 Å². The fourth-order valence-corrected chi connectivity index (χ4v) is 9.75. The number of carbonyl (C=O) groups excluding carboxylic acids is 4. The van der Waals surface area contributed by atoms with E-state index in [-0.39, 0.29) is 17.7 Å². The number of nitrogens with one attached hydrogen (secondary N) is 2. The number of piperazine rings is 1. The minimum atomic E-state index is -0.630. The number of imide groups is 1. The maximum absolute atomic E-state index is 13.3. The molecule has 5 aliphatic heterocycles. The Morgan fingerprint density at radius 3 is 2.48 bits per heavy atom. The normalized spacial score (nSPS) is 19.2. The van der Waals surface area contributed by atoms with Crippen LogP contribution in [0, 0.1) is 6.92 Å². The molecule has 5 aromatic rings. The molecule has 2 N–H and O–H groups in total. The van der Waals surface area contributed by atoms with E-state index < -0.39 is 17.6 Å². The number of aromatic nitrogens is 5. The first kappa shape index (κ1) is 43.1. The molecular formula is C48H56N12O6. The molecule has 18 nitrogen and oxygen atoms in total. The van der Waals surface area contributed by atoms with Crippen LogP contribution in [0.2, 0.25) is 0 Å². The number of carbonyl (C=O) groups is 4. The van der Waals surface area contributed by atoms with Gasteiger partial charge in [0.15, 0.2) is 0 Å². The van der Waals surface area contributed by atoms with Gasteiger partial charge in [-0.05, 0) is 82.0 Å². The summed E-state index contributed by atoms with van der Waals surface area (Å²) >= 11 is 0. The molecule has 2 aromatic carbocycles. The fourth-order valence-electron chi connectivity index (χ4n) is 9.75. The van der Waals surface area contributed by atoms with Crippen molar-refractivity contribution in [3.05, 3.63) is 82.9 Å². The van der Waals surface area contributed by atoms with Crippen LogP contribution in [-0.2, 0) is 45.6 Å². The van der Waals surface area contributed by atoms with Crippen molar-refractivity contribution < 1.29 is 28.7 Å². The lowest BCUT2D eigenvalue weighted by atomic mass is 9.93. The smallest absolute Gasteiger partial charge is 0.415 e. The standard InChI is InChI=1S/C48H56N12O6/c1-29-39(25-49-45-43(29)60(20-21-65-45)47(64)66-48(2,3)4)58-15-14-31-24-50-46(52-37(31)28-58)51-32-8-6-30(7-9-32)22-41(62)59-26-34(27-59)57-18-16-56(17-19-57)33-10-11-35-38(23-33)55(5)54-42(35)36-12-13-40(61)53-44(36)63/h6-11,23-25,34,36H,12-22,26-28H2,1-5H3,(H,50,51,52)(H,53,61,63). The molecule has 66 heavy (non-hydrogen) atoms. The highest BCUT2D eigenvalue weighted by Gasteiger charge is 2.37. The predicted molar refractivity (Wildman–Crippen MR) is 248 cm³/mol. The van der Waals surface area contributed by atoms with Crippen LogP contribution in [0.5, 0.6) is 5.88 Å². The second-order valence-electron chi connectivity index (χ2n) is 18.9. The molecule has 344 valence electrons. The summed E-state index contributed by atoms with van der Waals surface area (Å²) in [5.74, 6) is 0.120. The van der Waals surface area contributed by atoms with Crippen LogP contribution in [0.15, 0.2) is 54.9 Å². The minimum Gasteiger partial charge on any atom is -0.474 e. The Hall–Kier alpha value is -6.82. The van der Waals surface area contributed by atoms with Crippen molar-refractivity contribution in [3.63, 3.8) is 0 Å². The average molecular weight is 897 g/mol. The Balaban J connectivity index is 0.701. The zero-order valence-electron chi connectivity index (χ0n) is 38.2. The number of nitrogens with zero attached hydrogens (tertiary/aromatic N) is 10. The van der Waals surface area contributed by atoms with Crippen LogP contribution in [0.3, 0.4) is 0 Å². The van der Waals surface area contributed by atoms with Gasteiger partial charge < -0.3 is 29.5 Å². The van der Waals surface area contributed by atoms with Gasteiger partial charge in [-0.2, -0.15) is 5.10 Å². The molecule has 0 radical (unpaired) electrons. The van der Waals surface area contributed by atoms with E-state index in [2.05, 4.69) is 53.5 Å². The molecule has 1 unspecified atom stereocenters. The van der Waals surface area contributed by atoms with Crippen LogP contribution in [-0.4, -0.2) is 129 Å². The predicted octanol–water partition coefficient (Wildman–Crippen LogP) is 4.60. The van der Waals surface area contributed by atoms with Gasteiger partial charge in [0.25, 0.3) is 0 Å². The van der Waals surface area contributed by atoms with Crippen molar-refractivity contribution in [2.45, 2.75) is 77.5 Å². The van der Waals surface area contributed by atoms with Crippen LogP contribution in [0.4, 0.5) is 33.5 Å². The molecule has 0 aliphatic carbocycles. The molecule has 1 atom stereocenters. The number of anilines is 5. The molecule has 3 fully saturated rings. The zero-order valence-corrected chi connectivity index (χ0v) is 38.2. The van der Waals surface area contributed by atoms with Crippen LogP contribution in [0.1, 0.15) is 67.6 Å². The Morgan fingerprint density at radius 2 is 1.73 bits per heavy atom. The lowest BCUT2D eigenvalue weighted by Gasteiger charge is -2.48. The van der Waals surface area contributed by atoms with Crippen molar-refractivity contribution in [1.29, 1.82) is 0 Å². The van der Waals surface area contributed by atoms with Crippen molar-refractivity contribution in [2.75, 3.05) is 79.0 Å². The number of likely N-dealkylation sites (tertiary alicyclic amines) is 1. The van der Waals surface area contributed by atoms with E-state index in [0.29, 0.717) is 62.5 Å². The van der Waals surface area contributed by atoms with Crippen LogP contribution >= 0.6 is 0 Å². The van der Waals surface area contributed by atoms with Gasteiger partial charge >= 0.3 is 6.09 Å². The quantitative estimate of drug-likeness (QED) is 0.206. The Kier molecular flexibility index (Phi) is 11.2. The molecule has 10 rings (SSSR count). The number of hydrogen-bond donors (Lipinski definition) is 2. The number of ether oxygens (including phenoxy) is 2. The number of pyridine rings is 1.